The number of hydrogen-bond donors (Lipinski definition) is 0. The number of ether oxygens (including phenoxy) is 3. The molecular formula is C27H30N2O6. The van der Waals surface area contributed by atoms with Crippen molar-refractivity contribution in [1.29, 1.82) is 0 Å². The first-order valence-corrected chi connectivity index (χ1v) is 11.7. The zero-order valence-electron chi connectivity index (χ0n) is 19.9. The van der Waals surface area contributed by atoms with Gasteiger partial charge in [0.2, 0.25) is 5.91 Å². The zero-order valence-corrected chi connectivity index (χ0v) is 19.9. The number of fused-ring (bicyclic) bond motifs is 3. The van der Waals surface area contributed by atoms with Crippen molar-refractivity contribution in [2.75, 3.05) is 46.6 Å². The highest BCUT2D eigenvalue weighted by atomic mass is 16.6. The Hall–Kier alpha value is -3.65. The molecule has 0 bridgehead atoms. The lowest BCUT2D eigenvalue weighted by molar-refractivity contribution is -0.149. The second-order valence-corrected chi connectivity index (χ2v) is 8.54. The highest BCUT2D eigenvalue weighted by molar-refractivity contribution is 5.89. The van der Waals surface area contributed by atoms with Crippen LogP contribution in [0.15, 0.2) is 61.2 Å². The number of esters is 1. The summed E-state index contributed by atoms with van der Waals surface area (Å²) in [5, 5.41) is 0. The lowest BCUT2D eigenvalue weighted by Crippen LogP contribution is -2.53. The van der Waals surface area contributed by atoms with Gasteiger partial charge in [-0.05, 0) is 22.3 Å². The number of morpholine rings is 1. The van der Waals surface area contributed by atoms with Crippen LogP contribution in [-0.2, 0) is 23.8 Å². The van der Waals surface area contributed by atoms with Crippen molar-refractivity contribution in [2.45, 2.75) is 18.4 Å². The molecule has 2 aromatic carbocycles. The van der Waals surface area contributed by atoms with E-state index in [1.54, 1.807) is 4.90 Å². The van der Waals surface area contributed by atoms with E-state index >= 15 is 0 Å². The molecule has 2 aliphatic rings. The fourth-order valence-corrected chi connectivity index (χ4v) is 4.58. The molecule has 1 fully saturated rings. The smallest absolute Gasteiger partial charge is 0.410 e. The molecule has 1 aliphatic heterocycles. The van der Waals surface area contributed by atoms with E-state index < -0.39 is 18.1 Å². The van der Waals surface area contributed by atoms with Gasteiger partial charge in [0.05, 0.1) is 19.6 Å². The summed E-state index contributed by atoms with van der Waals surface area (Å²) in [5.74, 6) is -1.03. The normalized spacial score (nSPS) is 15.5. The van der Waals surface area contributed by atoms with E-state index in [9.17, 15) is 14.4 Å². The Bertz CT molecular complexity index is 1050. The molecule has 1 saturated heterocycles. The van der Waals surface area contributed by atoms with Gasteiger partial charge >= 0.3 is 12.1 Å². The van der Waals surface area contributed by atoms with Gasteiger partial charge in [-0.2, -0.15) is 0 Å². The lowest BCUT2D eigenvalue weighted by Gasteiger charge is -2.33. The molecule has 184 valence electrons. The van der Waals surface area contributed by atoms with Gasteiger partial charge in [-0.15, -0.1) is 0 Å². The first-order chi connectivity index (χ1) is 17.0. The van der Waals surface area contributed by atoms with Crippen LogP contribution in [0, 0.1) is 0 Å². The number of carbonyl (C=O) groups excluding carboxylic acids is 3. The van der Waals surface area contributed by atoms with Crippen LogP contribution in [-0.4, -0.2) is 80.4 Å². The molecule has 1 heterocycles. The van der Waals surface area contributed by atoms with Crippen molar-refractivity contribution in [3.8, 4) is 11.1 Å². The Morgan fingerprint density at radius 2 is 1.66 bits per heavy atom. The SMILES string of the molecule is C=CCOC(=O)C[C@@H](C(=O)N1CCOCC1)N(C)C(=O)OCC1c2ccccc2-c2ccccc21. The first-order valence-electron chi connectivity index (χ1n) is 11.7. The summed E-state index contributed by atoms with van der Waals surface area (Å²) in [5.41, 5.74) is 4.45. The molecule has 0 radical (unpaired) electrons. The van der Waals surface area contributed by atoms with Gasteiger partial charge in [-0.1, -0.05) is 61.2 Å². The topological polar surface area (TPSA) is 85.4 Å². The van der Waals surface area contributed by atoms with Crippen molar-refractivity contribution >= 4 is 18.0 Å². The van der Waals surface area contributed by atoms with E-state index in [0.717, 1.165) is 22.3 Å². The van der Waals surface area contributed by atoms with Crippen LogP contribution < -0.4 is 0 Å². The minimum atomic E-state index is -1.04. The van der Waals surface area contributed by atoms with E-state index in [1.165, 1.54) is 18.0 Å². The minimum Gasteiger partial charge on any atom is -0.461 e. The van der Waals surface area contributed by atoms with Crippen LogP contribution >= 0.6 is 0 Å². The highest BCUT2D eigenvalue weighted by Gasteiger charge is 2.36. The highest BCUT2D eigenvalue weighted by Crippen LogP contribution is 2.44. The summed E-state index contributed by atoms with van der Waals surface area (Å²) < 4.78 is 16.1. The number of carbonyl (C=O) groups is 3. The number of hydrogen-bond acceptors (Lipinski definition) is 6. The third kappa shape index (κ3) is 5.38. The second-order valence-electron chi connectivity index (χ2n) is 8.54. The molecule has 0 N–H and O–H groups in total. The van der Waals surface area contributed by atoms with Gasteiger partial charge in [0.15, 0.2) is 0 Å². The third-order valence-electron chi connectivity index (χ3n) is 6.42. The Morgan fingerprint density at radius 1 is 1.06 bits per heavy atom. The molecule has 4 rings (SSSR count). The summed E-state index contributed by atoms with van der Waals surface area (Å²) >= 11 is 0. The Labute approximate surface area is 205 Å². The molecular weight excluding hydrogens is 448 g/mol. The Balaban J connectivity index is 1.47. The number of amides is 2. The standard InChI is InChI=1S/C27H30N2O6/c1-3-14-34-25(30)17-24(26(31)29-12-15-33-16-13-29)28(2)27(32)35-18-23-21-10-6-4-8-19(21)20-9-5-7-11-22(20)23/h3-11,23-24H,1,12-18H2,2H3/t24-/m0/s1. The molecule has 0 spiro atoms. The molecule has 2 amide bonds. The zero-order chi connectivity index (χ0) is 24.8. The molecule has 1 aliphatic carbocycles. The first kappa shape index (κ1) is 24.5. The quantitative estimate of drug-likeness (QED) is 0.428. The summed E-state index contributed by atoms with van der Waals surface area (Å²) in [4.78, 5) is 41.4. The summed E-state index contributed by atoms with van der Waals surface area (Å²) in [6.45, 7) is 5.30. The number of likely N-dealkylation sites (N-methyl/N-ethyl adjacent to an activating group) is 1. The van der Waals surface area contributed by atoms with Crippen molar-refractivity contribution in [3.63, 3.8) is 0 Å². The maximum Gasteiger partial charge on any atom is 0.410 e. The van der Waals surface area contributed by atoms with Crippen LogP contribution in [0.25, 0.3) is 11.1 Å². The predicted molar refractivity (Wildman–Crippen MR) is 130 cm³/mol. The van der Waals surface area contributed by atoms with Gasteiger partial charge < -0.3 is 19.1 Å². The van der Waals surface area contributed by atoms with Gasteiger partial charge in [-0.3, -0.25) is 14.5 Å². The van der Waals surface area contributed by atoms with Crippen LogP contribution in [0.5, 0.6) is 0 Å². The van der Waals surface area contributed by atoms with Crippen LogP contribution in [0.2, 0.25) is 0 Å². The molecule has 8 nitrogen and oxygen atoms in total. The monoisotopic (exact) mass is 478 g/mol. The predicted octanol–water partition coefficient (Wildman–Crippen LogP) is 3.21. The molecule has 2 aromatic rings. The molecule has 0 unspecified atom stereocenters. The summed E-state index contributed by atoms with van der Waals surface area (Å²) in [7, 11) is 1.47. The van der Waals surface area contributed by atoms with Crippen LogP contribution in [0.3, 0.4) is 0 Å². The van der Waals surface area contributed by atoms with Gasteiger partial charge in [0, 0.05) is 26.1 Å². The van der Waals surface area contributed by atoms with Crippen molar-refractivity contribution < 1.29 is 28.6 Å². The molecule has 1 atom stereocenters. The average Bonchev–Trinajstić information content (AvgIpc) is 3.22. The Morgan fingerprint density at radius 3 is 2.26 bits per heavy atom. The van der Waals surface area contributed by atoms with Gasteiger partial charge in [0.1, 0.15) is 19.3 Å². The van der Waals surface area contributed by atoms with Crippen molar-refractivity contribution in [3.05, 3.63) is 72.3 Å². The number of rotatable bonds is 8. The van der Waals surface area contributed by atoms with Crippen LogP contribution in [0.1, 0.15) is 23.5 Å². The number of benzene rings is 2. The van der Waals surface area contributed by atoms with E-state index in [2.05, 4.69) is 18.7 Å². The molecule has 0 saturated carbocycles. The molecule has 0 aromatic heterocycles. The van der Waals surface area contributed by atoms with Gasteiger partial charge in [-0.25, -0.2) is 4.79 Å². The van der Waals surface area contributed by atoms with E-state index in [-0.39, 0.29) is 31.5 Å². The minimum absolute atomic E-state index is 0.0337. The van der Waals surface area contributed by atoms with Crippen molar-refractivity contribution in [1.82, 2.24) is 9.80 Å². The maximum absolute atomic E-state index is 13.2. The summed E-state index contributed by atoms with van der Waals surface area (Å²) in [6, 6.07) is 15.1. The maximum atomic E-state index is 13.2. The Kier molecular flexibility index (Phi) is 7.82. The number of nitrogens with zero attached hydrogens (tertiary/aromatic N) is 2. The molecule has 35 heavy (non-hydrogen) atoms. The average molecular weight is 479 g/mol. The van der Waals surface area contributed by atoms with E-state index in [1.807, 2.05) is 36.4 Å². The third-order valence-corrected chi connectivity index (χ3v) is 6.42. The summed E-state index contributed by atoms with van der Waals surface area (Å²) in [6.07, 6.45) is 0.506. The lowest BCUT2D eigenvalue weighted by atomic mass is 9.98. The fourth-order valence-electron chi connectivity index (χ4n) is 4.58. The van der Waals surface area contributed by atoms with Crippen LogP contribution in [0.4, 0.5) is 4.79 Å². The largest absolute Gasteiger partial charge is 0.461 e. The van der Waals surface area contributed by atoms with E-state index in [0.29, 0.717) is 26.3 Å². The van der Waals surface area contributed by atoms with Crippen molar-refractivity contribution in [2.24, 2.45) is 0 Å². The fraction of sp³-hybridized carbons (Fsp3) is 0.370. The van der Waals surface area contributed by atoms with Gasteiger partial charge in [0.25, 0.3) is 0 Å². The molecule has 8 heteroatoms. The van der Waals surface area contributed by atoms with E-state index in [4.69, 9.17) is 14.2 Å². The second kappa shape index (κ2) is 11.2.